The Labute approximate surface area is 114 Å². The van der Waals surface area contributed by atoms with Gasteiger partial charge in [-0.15, -0.1) is 0 Å². The molecule has 0 aromatic carbocycles. The maximum Gasteiger partial charge on any atom is 0.249 e. The molecule has 1 atom stereocenters. The first kappa shape index (κ1) is 15.7. The minimum atomic E-state index is -0.499. The van der Waals surface area contributed by atoms with Crippen LogP contribution in [0.15, 0.2) is 0 Å². The smallest absolute Gasteiger partial charge is 0.249 e. The molecule has 5 heteroatoms. The number of piperazine rings is 1. The Bertz CT molecular complexity index is 349. The van der Waals surface area contributed by atoms with Gasteiger partial charge in [-0.2, -0.15) is 0 Å². The Kier molecular flexibility index (Phi) is 5.99. The quantitative estimate of drug-likeness (QED) is 0.742. The van der Waals surface area contributed by atoms with E-state index in [-0.39, 0.29) is 30.2 Å². The van der Waals surface area contributed by atoms with E-state index < -0.39 is 6.04 Å². The average Bonchev–Trinajstić information content (AvgIpc) is 2.37. The molecular formula is C14H24N2O3. The fourth-order valence-corrected chi connectivity index (χ4v) is 2.63. The van der Waals surface area contributed by atoms with Crippen LogP contribution in [0.5, 0.6) is 0 Å². The lowest BCUT2D eigenvalue weighted by Gasteiger charge is -2.35. The molecule has 1 N–H and O–H groups in total. The summed E-state index contributed by atoms with van der Waals surface area (Å²) < 4.78 is 0. The van der Waals surface area contributed by atoms with E-state index in [1.54, 1.807) is 0 Å². The molecule has 1 aliphatic heterocycles. The molecule has 0 saturated carbocycles. The van der Waals surface area contributed by atoms with Crippen molar-refractivity contribution in [1.82, 2.24) is 10.2 Å². The van der Waals surface area contributed by atoms with Crippen LogP contribution in [-0.4, -0.2) is 35.2 Å². The van der Waals surface area contributed by atoms with Gasteiger partial charge in [0.1, 0.15) is 12.6 Å². The largest absolute Gasteiger partial charge is 0.321 e. The van der Waals surface area contributed by atoms with E-state index in [2.05, 4.69) is 5.32 Å². The predicted molar refractivity (Wildman–Crippen MR) is 72.2 cm³/mol. The monoisotopic (exact) mass is 268 g/mol. The highest BCUT2D eigenvalue weighted by molar-refractivity contribution is 6.04. The maximum absolute atomic E-state index is 12.5. The molecule has 0 aromatic heterocycles. The van der Waals surface area contributed by atoms with Gasteiger partial charge in [-0.25, -0.2) is 0 Å². The van der Waals surface area contributed by atoms with Crippen molar-refractivity contribution in [1.29, 1.82) is 0 Å². The molecule has 1 fully saturated rings. The minimum absolute atomic E-state index is 0.00695. The van der Waals surface area contributed by atoms with Crippen molar-refractivity contribution in [2.45, 2.75) is 58.9 Å². The van der Waals surface area contributed by atoms with Crippen molar-refractivity contribution < 1.29 is 14.4 Å². The summed E-state index contributed by atoms with van der Waals surface area (Å²) >= 11 is 0. The van der Waals surface area contributed by atoms with E-state index in [9.17, 15) is 14.4 Å². The van der Waals surface area contributed by atoms with Gasteiger partial charge in [0.15, 0.2) is 0 Å². The third kappa shape index (κ3) is 3.78. The molecule has 1 aliphatic rings. The molecule has 19 heavy (non-hydrogen) atoms. The second-order valence-electron chi connectivity index (χ2n) is 5.08. The van der Waals surface area contributed by atoms with Crippen LogP contribution >= 0.6 is 0 Å². The SMILES string of the molecule is CCCC(CCC)C(=O)N1CC(=O)NC(=O)C1CC. The van der Waals surface area contributed by atoms with Gasteiger partial charge in [-0.3, -0.25) is 19.7 Å². The van der Waals surface area contributed by atoms with E-state index in [0.717, 1.165) is 25.7 Å². The Morgan fingerprint density at radius 3 is 2.32 bits per heavy atom. The first-order valence-corrected chi connectivity index (χ1v) is 7.19. The lowest BCUT2D eigenvalue weighted by molar-refractivity contribution is -0.152. The molecule has 0 radical (unpaired) electrons. The number of carbonyl (C=O) groups is 3. The van der Waals surface area contributed by atoms with Crippen molar-refractivity contribution in [3.05, 3.63) is 0 Å². The molecule has 3 amide bonds. The topological polar surface area (TPSA) is 66.5 Å². The molecule has 1 heterocycles. The highest BCUT2D eigenvalue weighted by atomic mass is 16.2. The summed E-state index contributed by atoms with van der Waals surface area (Å²) in [5, 5.41) is 2.30. The number of amides is 3. The van der Waals surface area contributed by atoms with Crippen LogP contribution in [0.25, 0.3) is 0 Å². The van der Waals surface area contributed by atoms with Crippen LogP contribution in [0.2, 0.25) is 0 Å². The summed E-state index contributed by atoms with van der Waals surface area (Å²) in [7, 11) is 0. The van der Waals surface area contributed by atoms with Gasteiger partial charge in [0.2, 0.25) is 17.7 Å². The minimum Gasteiger partial charge on any atom is -0.321 e. The third-order valence-corrected chi connectivity index (χ3v) is 3.55. The van der Waals surface area contributed by atoms with Gasteiger partial charge in [-0.1, -0.05) is 33.6 Å². The van der Waals surface area contributed by atoms with Crippen LogP contribution in [0.1, 0.15) is 52.9 Å². The first-order chi connectivity index (χ1) is 9.04. The first-order valence-electron chi connectivity index (χ1n) is 7.19. The van der Waals surface area contributed by atoms with Crippen molar-refractivity contribution in [3.63, 3.8) is 0 Å². The van der Waals surface area contributed by atoms with E-state index in [0.29, 0.717) is 6.42 Å². The summed E-state index contributed by atoms with van der Waals surface area (Å²) in [4.78, 5) is 37.2. The predicted octanol–water partition coefficient (Wildman–Crippen LogP) is 1.47. The van der Waals surface area contributed by atoms with Crippen LogP contribution in [-0.2, 0) is 14.4 Å². The van der Waals surface area contributed by atoms with Crippen LogP contribution in [0.3, 0.4) is 0 Å². The fourth-order valence-electron chi connectivity index (χ4n) is 2.63. The Morgan fingerprint density at radius 2 is 1.84 bits per heavy atom. The molecule has 0 spiro atoms. The average molecular weight is 268 g/mol. The Balaban J connectivity index is 2.86. The summed E-state index contributed by atoms with van der Waals surface area (Å²) in [6.45, 7) is 5.95. The zero-order valence-electron chi connectivity index (χ0n) is 12.1. The zero-order chi connectivity index (χ0) is 14.4. The molecular weight excluding hydrogens is 244 g/mol. The highest BCUT2D eigenvalue weighted by Crippen LogP contribution is 2.20. The molecule has 1 rings (SSSR count). The Morgan fingerprint density at radius 1 is 1.26 bits per heavy atom. The highest BCUT2D eigenvalue weighted by Gasteiger charge is 2.37. The summed E-state index contributed by atoms with van der Waals surface area (Å²) in [5.41, 5.74) is 0. The lowest BCUT2D eigenvalue weighted by atomic mass is 9.95. The molecule has 0 aliphatic carbocycles. The van der Waals surface area contributed by atoms with Crippen LogP contribution in [0, 0.1) is 5.92 Å². The fraction of sp³-hybridized carbons (Fsp3) is 0.786. The maximum atomic E-state index is 12.5. The van der Waals surface area contributed by atoms with Gasteiger partial charge in [0.05, 0.1) is 0 Å². The second-order valence-corrected chi connectivity index (χ2v) is 5.08. The van der Waals surface area contributed by atoms with Gasteiger partial charge in [0, 0.05) is 5.92 Å². The van der Waals surface area contributed by atoms with Crippen molar-refractivity contribution in [2.24, 2.45) is 5.92 Å². The summed E-state index contributed by atoms with van der Waals surface area (Å²) in [5.74, 6) is -0.838. The zero-order valence-corrected chi connectivity index (χ0v) is 12.1. The lowest BCUT2D eigenvalue weighted by Crippen LogP contribution is -2.60. The van der Waals surface area contributed by atoms with E-state index in [1.165, 1.54) is 4.90 Å². The normalized spacial score (nSPS) is 19.8. The van der Waals surface area contributed by atoms with Crippen LogP contribution in [0.4, 0.5) is 0 Å². The number of imide groups is 1. The Hall–Kier alpha value is -1.39. The molecule has 0 bridgehead atoms. The van der Waals surface area contributed by atoms with Crippen molar-refractivity contribution in [3.8, 4) is 0 Å². The molecule has 1 saturated heterocycles. The van der Waals surface area contributed by atoms with Crippen molar-refractivity contribution >= 4 is 17.7 Å². The number of carbonyl (C=O) groups excluding carboxylic acids is 3. The van der Waals surface area contributed by atoms with Gasteiger partial charge in [0.25, 0.3) is 0 Å². The van der Waals surface area contributed by atoms with Crippen molar-refractivity contribution in [2.75, 3.05) is 6.54 Å². The number of rotatable bonds is 6. The summed E-state index contributed by atoms with van der Waals surface area (Å²) in [6.07, 6.45) is 4.03. The van der Waals surface area contributed by atoms with E-state index in [1.807, 2.05) is 20.8 Å². The molecule has 5 nitrogen and oxygen atoms in total. The van der Waals surface area contributed by atoms with Crippen LogP contribution < -0.4 is 5.32 Å². The number of hydrogen-bond acceptors (Lipinski definition) is 3. The number of nitrogens with one attached hydrogen (secondary N) is 1. The van der Waals surface area contributed by atoms with E-state index in [4.69, 9.17) is 0 Å². The van der Waals surface area contributed by atoms with Gasteiger partial charge < -0.3 is 4.90 Å². The third-order valence-electron chi connectivity index (χ3n) is 3.55. The summed E-state index contributed by atoms with van der Waals surface area (Å²) in [6, 6.07) is -0.499. The number of nitrogens with zero attached hydrogens (tertiary/aromatic N) is 1. The molecule has 108 valence electrons. The van der Waals surface area contributed by atoms with Gasteiger partial charge in [-0.05, 0) is 19.3 Å². The molecule has 0 aromatic rings. The van der Waals surface area contributed by atoms with Gasteiger partial charge >= 0.3 is 0 Å². The second kappa shape index (κ2) is 7.26. The molecule has 1 unspecified atom stereocenters. The standard InChI is InChI=1S/C14H24N2O3/c1-4-7-10(8-5-2)14(19)16-9-12(17)15-13(18)11(16)6-3/h10-11H,4-9H2,1-3H3,(H,15,17,18). The van der Waals surface area contributed by atoms with E-state index >= 15 is 0 Å². The number of hydrogen-bond donors (Lipinski definition) is 1.